The molecule has 1 aromatic rings. The maximum absolute atomic E-state index is 3.61. The lowest BCUT2D eigenvalue weighted by atomic mass is 9.91. The van der Waals surface area contributed by atoms with Crippen LogP contribution >= 0.6 is 27.7 Å². The van der Waals surface area contributed by atoms with E-state index >= 15 is 0 Å². The van der Waals surface area contributed by atoms with Gasteiger partial charge in [-0.15, -0.1) is 11.8 Å². The standard InChI is InChI=1S/C16H24BrNS/c1-11-5-4-6-14(9-11)19-16-10-13(17)7-8-15(16)12(2)18-3/h7-8,10-12,14,18H,4-6,9H2,1-3H3. The summed E-state index contributed by atoms with van der Waals surface area (Å²) in [5, 5.41) is 4.15. The molecule has 3 heteroatoms. The van der Waals surface area contributed by atoms with E-state index in [9.17, 15) is 0 Å². The van der Waals surface area contributed by atoms with Crippen molar-refractivity contribution < 1.29 is 0 Å². The minimum absolute atomic E-state index is 0.414. The van der Waals surface area contributed by atoms with Crippen molar-refractivity contribution in [1.82, 2.24) is 5.32 Å². The van der Waals surface area contributed by atoms with Crippen molar-refractivity contribution in [3.8, 4) is 0 Å². The van der Waals surface area contributed by atoms with E-state index < -0.39 is 0 Å². The number of halogens is 1. The molecule has 3 unspecified atom stereocenters. The van der Waals surface area contributed by atoms with Crippen molar-refractivity contribution in [2.45, 2.75) is 55.7 Å². The summed E-state index contributed by atoms with van der Waals surface area (Å²) in [6.07, 6.45) is 5.54. The Morgan fingerprint density at radius 1 is 1.37 bits per heavy atom. The van der Waals surface area contributed by atoms with Crippen LogP contribution in [0.15, 0.2) is 27.6 Å². The smallest absolute Gasteiger partial charge is 0.0300 e. The number of hydrogen-bond acceptors (Lipinski definition) is 2. The molecule has 0 heterocycles. The third kappa shape index (κ3) is 4.24. The maximum atomic E-state index is 3.61. The molecule has 106 valence electrons. The molecule has 3 atom stereocenters. The lowest BCUT2D eigenvalue weighted by Crippen LogP contribution is -2.17. The summed E-state index contributed by atoms with van der Waals surface area (Å²) in [7, 11) is 2.03. The molecule has 0 bridgehead atoms. The molecule has 2 rings (SSSR count). The monoisotopic (exact) mass is 341 g/mol. The molecule has 1 saturated carbocycles. The van der Waals surface area contributed by atoms with Crippen molar-refractivity contribution in [3.05, 3.63) is 28.2 Å². The van der Waals surface area contributed by atoms with Crippen LogP contribution in [0.25, 0.3) is 0 Å². The minimum atomic E-state index is 0.414. The fourth-order valence-corrected chi connectivity index (χ4v) is 4.95. The molecule has 0 spiro atoms. The zero-order chi connectivity index (χ0) is 13.8. The fraction of sp³-hybridized carbons (Fsp3) is 0.625. The van der Waals surface area contributed by atoms with Crippen molar-refractivity contribution in [1.29, 1.82) is 0 Å². The van der Waals surface area contributed by atoms with Crippen molar-refractivity contribution >= 4 is 27.7 Å². The van der Waals surface area contributed by atoms with Gasteiger partial charge in [0.25, 0.3) is 0 Å². The van der Waals surface area contributed by atoms with E-state index in [-0.39, 0.29) is 0 Å². The molecule has 1 fully saturated rings. The van der Waals surface area contributed by atoms with Crippen LogP contribution in [-0.2, 0) is 0 Å². The van der Waals surface area contributed by atoms with E-state index in [1.54, 1.807) is 0 Å². The van der Waals surface area contributed by atoms with Crippen molar-refractivity contribution in [2.75, 3.05) is 7.05 Å². The summed E-state index contributed by atoms with van der Waals surface area (Å²) < 4.78 is 1.19. The summed E-state index contributed by atoms with van der Waals surface area (Å²) in [6.45, 7) is 4.63. The van der Waals surface area contributed by atoms with Gasteiger partial charge >= 0.3 is 0 Å². The first-order valence-electron chi connectivity index (χ1n) is 7.23. The molecular formula is C16H24BrNS. The summed E-state index contributed by atoms with van der Waals surface area (Å²) in [5.74, 6) is 0.892. The molecule has 0 aromatic heterocycles. The van der Waals surface area contributed by atoms with Crippen LogP contribution in [0.4, 0.5) is 0 Å². The quantitative estimate of drug-likeness (QED) is 0.786. The van der Waals surface area contributed by atoms with E-state index in [1.165, 1.54) is 40.6 Å². The lowest BCUT2D eigenvalue weighted by molar-refractivity contribution is 0.394. The third-order valence-corrected chi connectivity index (χ3v) is 5.92. The molecular weight excluding hydrogens is 318 g/mol. The average molecular weight is 342 g/mol. The first-order valence-corrected chi connectivity index (χ1v) is 8.90. The predicted molar refractivity (Wildman–Crippen MR) is 88.9 cm³/mol. The zero-order valence-corrected chi connectivity index (χ0v) is 14.5. The van der Waals surface area contributed by atoms with E-state index in [0.717, 1.165) is 11.2 Å². The van der Waals surface area contributed by atoms with Gasteiger partial charge in [-0.25, -0.2) is 0 Å². The molecule has 1 aliphatic carbocycles. The molecule has 19 heavy (non-hydrogen) atoms. The zero-order valence-electron chi connectivity index (χ0n) is 12.1. The molecule has 0 saturated heterocycles. The van der Waals surface area contributed by atoms with E-state index in [1.807, 2.05) is 7.05 Å². The van der Waals surface area contributed by atoms with E-state index in [4.69, 9.17) is 0 Å². The van der Waals surface area contributed by atoms with Gasteiger partial charge in [0.2, 0.25) is 0 Å². The second-order valence-corrected chi connectivity index (χ2v) is 7.96. The number of rotatable bonds is 4. The second-order valence-electron chi connectivity index (χ2n) is 5.70. The van der Waals surface area contributed by atoms with E-state index in [0.29, 0.717) is 6.04 Å². The molecule has 1 nitrogen and oxygen atoms in total. The van der Waals surface area contributed by atoms with Crippen LogP contribution in [-0.4, -0.2) is 12.3 Å². The molecule has 0 amide bonds. The van der Waals surface area contributed by atoms with Crippen LogP contribution in [0, 0.1) is 5.92 Å². The first kappa shape index (κ1) is 15.4. The lowest BCUT2D eigenvalue weighted by Gasteiger charge is -2.27. The Hall–Kier alpha value is 0.01000. The average Bonchev–Trinajstić information content (AvgIpc) is 2.38. The van der Waals surface area contributed by atoms with Gasteiger partial charge < -0.3 is 5.32 Å². The van der Waals surface area contributed by atoms with Gasteiger partial charge in [-0.3, -0.25) is 0 Å². The Morgan fingerprint density at radius 3 is 2.84 bits per heavy atom. The van der Waals surface area contributed by atoms with Crippen LogP contribution in [0.1, 0.15) is 51.1 Å². The second kappa shape index (κ2) is 7.14. The van der Waals surface area contributed by atoms with Crippen LogP contribution in [0.2, 0.25) is 0 Å². The molecule has 1 aliphatic rings. The Morgan fingerprint density at radius 2 is 2.16 bits per heavy atom. The Balaban J connectivity index is 2.15. The van der Waals surface area contributed by atoms with Gasteiger partial charge in [0.15, 0.2) is 0 Å². The van der Waals surface area contributed by atoms with Gasteiger partial charge in [-0.1, -0.05) is 41.8 Å². The molecule has 1 aromatic carbocycles. The molecule has 0 aliphatic heterocycles. The number of benzene rings is 1. The summed E-state index contributed by atoms with van der Waals surface area (Å²) in [4.78, 5) is 1.44. The third-order valence-electron chi connectivity index (χ3n) is 4.06. The maximum Gasteiger partial charge on any atom is 0.0300 e. The van der Waals surface area contributed by atoms with E-state index in [2.05, 4.69) is 65.1 Å². The Bertz CT molecular complexity index is 421. The highest BCUT2D eigenvalue weighted by molar-refractivity contribution is 9.10. The highest BCUT2D eigenvalue weighted by atomic mass is 79.9. The van der Waals surface area contributed by atoms with Gasteiger partial charge in [-0.2, -0.15) is 0 Å². The summed E-state index contributed by atoms with van der Waals surface area (Å²) in [5.41, 5.74) is 1.42. The van der Waals surface area contributed by atoms with Gasteiger partial charge in [0.05, 0.1) is 0 Å². The van der Waals surface area contributed by atoms with Crippen LogP contribution < -0.4 is 5.32 Å². The topological polar surface area (TPSA) is 12.0 Å². The largest absolute Gasteiger partial charge is 0.313 e. The van der Waals surface area contributed by atoms with Gasteiger partial charge in [0, 0.05) is 20.7 Å². The number of thioether (sulfide) groups is 1. The predicted octanol–water partition coefficient (Wildman–Crippen LogP) is 5.40. The SMILES string of the molecule is CNC(C)c1ccc(Br)cc1SC1CCCC(C)C1. The van der Waals surface area contributed by atoms with Gasteiger partial charge in [0.1, 0.15) is 0 Å². The summed E-state index contributed by atoms with van der Waals surface area (Å²) in [6, 6.07) is 7.10. The fourth-order valence-electron chi connectivity index (χ4n) is 2.79. The molecule has 0 radical (unpaired) electrons. The molecule has 1 N–H and O–H groups in total. The van der Waals surface area contributed by atoms with Crippen LogP contribution in [0.3, 0.4) is 0 Å². The Kier molecular flexibility index (Phi) is 5.79. The minimum Gasteiger partial charge on any atom is -0.313 e. The van der Waals surface area contributed by atoms with Crippen molar-refractivity contribution in [3.63, 3.8) is 0 Å². The normalized spacial score (nSPS) is 25.3. The first-order chi connectivity index (χ1) is 9.10. The highest BCUT2D eigenvalue weighted by Gasteiger charge is 2.21. The number of nitrogens with one attached hydrogen (secondary N) is 1. The van der Waals surface area contributed by atoms with Crippen LogP contribution in [0.5, 0.6) is 0 Å². The Labute approximate surface area is 130 Å². The summed E-state index contributed by atoms with van der Waals surface area (Å²) >= 11 is 5.69. The highest BCUT2D eigenvalue weighted by Crippen LogP contribution is 2.39. The van der Waals surface area contributed by atoms with Gasteiger partial charge in [-0.05, 0) is 50.4 Å². The van der Waals surface area contributed by atoms with Crippen molar-refractivity contribution in [2.24, 2.45) is 5.92 Å². The number of hydrogen-bond donors (Lipinski definition) is 1.